The third-order valence-corrected chi connectivity index (χ3v) is 6.07. The van der Waals surface area contributed by atoms with Crippen molar-refractivity contribution in [3.63, 3.8) is 0 Å². The minimum atomic E-state index is -0.766. The van der Waals surface area contributed by atoms with Crippen LogP contribution in [0.15, 0.2) is 29.8 Å². The molecule has 1 N–H and O–H groups in total. The van der Waals surface area contributed by atoms with Crippen LogP contribution < -0.4 is 0 Å². The number of carboxylic acid groups (broad SMARTS) is 1. The summed E-state index contributed by atoms with van der Waals surface area (Å²) in [5.41, 5.74) is 1.76. The summed E-state index contributed by atoms with van der Waals surface area (Å²) in [5.74, 6) is -1.41. The molecule has 1 heterocycles. The quantitative estimate of drug-likeness (QED) is 0.444. The SMILES string of the molecule is O=C(O)[C@@H]1CCCN(CC2=CC[C@H](c3ccc(Cl)cc3Cl)[C@@H]([N+](=O)[O-])C2)C1. The van der Waals surface area contributed by atoms with Crippen molar-refractivity contribution in [3.05, 3.63) is 55.6 Å². The predicted molar refractivity (Wildman–Crippen MR) is 104 cm³/mol. The molecule has 6 nitrogen and oxygen atoms in total. The number of nitro groups is 1. The van der Waals surface area contributed by atoms with Crippen LogP contribution in [0.3, 0.4) is 0 Å². The number of piperidine rings is 1. The van der Waals surface area contributed by atoms with Crippen LogP contribution in [-0.4, -0.2) is 46.6 Å². The minimum Gasteiger partial charge on any atom is -0.481 e. The molecule has 8 heteroatoms. The molecule has 1 aliphatic carbocycles. The number of rotatable bonds is 5. The van der Waals surface area contributed by atoms with E-state index < -0.39 is 12.0 Å². The summed E-state index contributed by atoms with van der Waals surface area (Å²) in [6.45, 7) is 1.92. The largest absolute Gasteiger partial charge is 0.481 e. The van der Waals surface area contributed by atoms with Gasteiger partial charge in [-0.15, -0.1) is 0 Å². The zero-order chi connectivity index (χ0) is 19.6. The fraction of sp³-hybridized carbons (Fsp3) is 0.526. The number of allylic oxidation sites excluding steroid dienone is 1. The van der Waals surface area contributed by atoms with E-state index in [0.29, 0.717) is 42.4 Å². The molecule has 2 aliphatic rings. The van der Waals surface area contributed by atoms with Crippen molar-refractivity contribution in [1.29, 1.82) is 0 Å². The smallest absolute Gasteiger partial charge is 0.307 e. The summed E-state index contributed by atoms with van der Waals surface area (Å²) in [7, 11) is 0. The zero-order valence-corrected chi connectivity index (χ0v) is 16.3. The predicted octanol–water partition coefficient (Wildman–Crippen LogP) is 4.24. The van der Waals surface area contributed by atoms with E-state index in [1.54, 1.807) is 18.2 Å². The maximum absolute atomic E-state index is 11.7. The lowest BCUT2D eigenvalue weighted by atomic mass is 9.80. The van der Waals surface area contributed by atoms with Crippen molar-refractivity contribution >= 4 is 29.2 Å². The van der Waals surface area contributed by atoms with Crippen molar-refractivity contribution in [2.24, 2.45) is 5.92 Å². The lowest BCUT2D eigenvalue weighted by Gasteiger charge is -2.33. The first-order valence-corrected chi connectivity index (χ1v) is 9.82. The van der Waals surface area contributed by atoms with Gasteiger partial charge in [0.05, 0.1) is 11.8 Å². The van der Waals surface area contributed by atoms with Crippen molar-refractivity contribution < 1.29 is 14.8 Å². The molecule has 0 radical (unpaired) electrons. The van der Waals surface area contributed by atoms with Crippen molar-refractivity contribution in [2.75, 3.05) is 19.6 Å². The lowest BCUT2D eigenvalue weighted by molar-refractivity contribution is -0.527. The fourth-order valence-electron chi connectivity index (χ4n) is 4.12. The minimum absolute atomic E-state index is 0.223. The molecular formula is C19H22Cl2N2O4. The number of carboxylic acids is 1. The molecule has 1 saturated heterocycles. The summed E-state index contributed by atoms with van der Waals surface area (Å²) in [6, 6.07) is 4.35. The fourth-order valence-corrected chi connectivity index (χ4v) is 4.67. The first kappa shape index (κ1) is 20.1. The van der Waals surface area contributed by atoms with E-state index in [1.807, 2.05) is 0 Å². The van der Waals surface area contributed by atoms with Gasteiger partial charge in [0.2, 0.25) is 6.04 Å². The molecule has 1 aromatic carbocycles. The second kappa shape index (κ2) is 8.59. The van der Waals surface area contributed by atoms with Gasteiger partial charge >= 0.3 is 5.97 Å². The Morgan fingerprint density at radius 2 is 2.15 bits per heavy atom. The highest BCUT2D eigenvalue weighted by Crippen LogP contribution is 2.38. The molecule has 3 atom stereocenters. The molecule has 27 heavy (non-hydrogen) atoms. The summed E-state index contributed by atoms with van der Waals surface area (Å²) in [6.07, 6.45) is 4.48. The van der Waals surface area contributed by atoms with Gasteiger partial charge in [-0.3, -0.25) is 19.8 Å². The highest BCUT2D eigenvalue weighted by molar-refractivity contribution is 6.35. The Kier molecular flexibility index (Phi) is 6.40. The number of halogens is 2. The number of hydrogen-bond acceptors (Lipinski definition) is 4. The van der Waals surface area contributed by atoms with Gasteiger partial charge in [0.25, 0.3) is 0 Å². The Morgan fingerprint density at radius 3 is 2.81 bits per heavy atom. The number of nitrogens with zero attached hydrogens (tertiary/aromatic N) is 2. The summed E-state index contributed by atoms with van der Waals surface area (Å²) in [4.78, 5) is 24.8. The molecule has 0 bridgehead atoms. The molecule has 1 aliphatic heterocycles. The maximum Gasteiger partial charge on any atom is 0.307 e. The topological polar surface area (TPSA) is 83.7 Å². The van der Waals surface area contributed by atoms with E-state index >= 15 is 0 Å². The van der Waals surface area contributed by atoms with Crippen LogP contribution in [0.4, 0.5) is 0 Å². The molecule has 0 unspecified atom stereocenters. The number of benzene rings is 1. The van der Waals surface area contributed by atoms with Crippen LogP contribution >= 0.6 is 23.2 Å². The van der Waals surface area contributed by atoms with E-state index in [1.165, 1.54) is 0 Å². The van der Waals surface area contributed by atoms with Crippen LogP contribution in [0.5, 0.6) is 0 Å². The molecule has 3 rings (SSSR count). The number of aliphatic carboxylic acids is 1. The second-order valence-corrected chi connectivity index (χ2v) is 8.18. The molecule has 0 spiro atoms. The first-order valence-electron chi connectivity index (χ1n) is 9.06. The molecule has 146 valence electrons. The summed E-state index contributed by atoms with van der Waals surface area (Å²) >= 11 is 12.2. The molecular weight excluding hydrogens is 391 g/mol. The Bertz CT molecular complexity index is 768. The highest BCUT2D eigenvalue weighted by atomic mass is 35.5. The average molecular weight is 413 g/mol. The highest BCUT2D eigenvalue weighted by Gasteiger charge is 2.37. The van der Waals surface area contributed by atoms with Crippen molar-refractivity contribution in [1.82, 2.24) is 4.90 Å². The van der Waals surface area contributed by atoms with Gasteiger partial charge in [0.1, 0.15) is 0 Å². The van der Waals surface area contributed by atoms with E-state index in [9.17, 15) is 20.0 Å². The zero-order valence-electron chi connectivity index (χ0n) is 14.8. The Hall–Kier alpha value is -1.63. The van der Waals surface area contributed by atoms with Gasteiger partial charge < -0.3 is 5.11 Å². The maximum atomic E-state index is 11.7. The van der Waals surface area contributed by atoms with Crippen LogP contribution in [0.2, 0.25) is 10.0 Å². The molecule has 0 aromatic heterocycles. The van der Waals surface area contributed by atoms with E-state index in [-0.39, 0.29) is 16.8 Å². The number of likely N-dealkylation sites (tertiary alicyclic amines) is 1. The van der Waals surface area contributed by atoms with Crippen LogP contribution in [0.1, 0.15) is 37.2 Å². The van der Waals surface area contributed by atoms with Crippen LogP contribution in [-0.2, 0) is 4.79 Å². The number of hydrogen-bond donors (Lipinski definition) is 1. The van der Waals surface area contributed by atoms with Crippen molar-refractivity contribution in [3.8, 4) is 0 Å². The van der Waals surface area contributed by atoms with Gasteiger partial charge in [0, 0.05) is 34.5 Å². The standard InChI is InChI=1S/C19H22Cl2N2O4/c20-14-4-6-15(17(21)9-14)16-5-3-12(8-18(16)23(26)27)10-22-7-1-2-13(11-22)19(24)25/h3-4,6,9,13,16,18H,1-2,5,7-8,10-11H2,(H,24,25)/t13-,16-,18+/m1/s1. The van der Waals surface area contributed by atoms with Gasteiger partial charge in [0.15, 0.2) is 0 Å². The summed E-state index contributed by atoms with van der Waals surface area (Å²) < 4.78 is 0. The molecule has 0 saturated carbocycles. The van der Waals surface area contributed by atoms with Gasteiger partial charge in [-0.1, -0.05) is 40.9 Å². The Morgan fingerprint density at radius 1 is 1.37 bits per heavy atom. The van der Waals surface area contributed by atoms with Crippen LogP contribution in [0, 0.1) is 16.0 Å². The molecule has 1 aromatic rings. The molecule has 0 amide bonds. The number of carbonyl (C=O) groups is 1. The Labute approximate surface area is 167 Å². The average Bonchev–Trinajstić information content (AvgIpc) is 2.62. The van der Waals surface area contributed by atoms with Gasteiger partial charge in [-0.05, 0) is 43.5 Å². The van der Waals surface area contributed by atoms with E-state index in [4.69, 9.17) is 23.2 Å². The van der Waals surface area contributed by atoms with E-state index in [0.717, 1.165) is 24.1 Å². The monoisotopic (exact) mass is 412 g/mol. The first-order chi connectivity index (χ1) is 12.8. The normalized spacial score (nSPS) is 26.4. The summed E-state index contributed by atoms with van der Waals surface area (Å²) in [5, 5.41) is 21.9. The second-order valence-electron chi connectivity index (χ2n) is 7.34. The van der Waals surface area contributed by atoms with E-state index in [2.05, 4.69) is 11.0 Å². The lowest BCUT2D eigenvalue weighted by Crippen LogP contribution is -2.41. The van der Waals surface area contributed by atoms with Crippen LogP contribution in [0.25, 0.3) is 0 Å². The Balaban J connectivity index is 1.74. The third-order valence-electron chi connectivity index (χ3n) is 5.51. The molecule has 1 fully saturated rings. The third kappa shape index (κ3) is 4.81. The van der Waals surface area contributed by atoms with Gasteiger partial charge in [-0.25, -0.2) is 0 Å². The van der Waals surface area contributed by atoms with Gasteiger partial charge in [-0.2, -0.15) is 0 Å². The van der Waals surface area contributed by atoms with Crippen molar-refractivity contribution in [2.45, 2.75) is 37.6 Å².